The molecule has 0 unspecified atom stereocenters. The lowest BCUT2D eigenvalue weighted by atomic mass is 10.2. The number of aromatic amines is 1. The number of carbonyl (C=O) groups excluding carboxylic acids is 1. The first kappa shape index (κ1) is 19.0. The van der Waals surface area contributed by atoms with E-state index in [9.17, 15) is 9.59 Å². The van der Waals surface area contributed by atoms with Gasteiger partial charge in [0, 0.05) is 0 Å². The van der Waals surface area contributed by atoms with Gasteiger partial charge in [0.25, 0.3) is 17.4 Å². The van der Waals surface area contributed by atoms with Gasteiger partial charge in [-0.1, -0.05) is 12.1 Å². The Labute approximate surface area is 160 Å². The molecule has 0 radical (unpaired) electrons. The second-order valence-electron chi connectivity index (χ2n) is 5.85. The number of hydrogen-bond acceptors (Lipinski definition) is 7. The van der Waals surface area contributed by atoms with E-state index in [0.29, 0.717) is 18.1 Å². The molecule has 0 aliphatic heterocycles. The molecule has 3 rings (SSSR count). The highest BCUT2D eigenvalue weighted by molar-refractivity contribution is 5.94. The summed E-state index contributed by atoms with van der Waals surface area (Å²) in [6.07, 6.45) is 1.50. The van der Waals surface area contributed by atoms with Crippen LogP contribution in [0.5, 0.6) is 5.75 Å². The number of aryl methyl sites for hydroxylation is 2. The third kappa shape index (κ3) is 4.29. The van der Waals surface area contributed by atoms with Gasteiger partial charge in [-0.15, -0.1) is 10.2 Å². The highest BCUT2D eigenvalue weighted by Gasteiger charge is 2.17. The van der Waals surface area contributed by atoms with Crippen LogP contribution in [0.15, 0.2) is 40.2 Å². The minimum atomic E-state index is -0.513. The molecular weight excluding hydrogens is 362 g/mol. The third-order valence-electron chi connectivity index (χ3n) is 3.66. The number of nitrogens with zero attached hydrogens (tertiary/aromatic N) is 5. The standard InChI is InChI=1S/C18H19N7O3/c1-4-28-14-7-5-6-13(9-14)10-19-22-17(27)15-8-11(2)24-25(15)18-20-16(26)12(3)21-23-18/h5-10H,4H2,1-3H3,(H,22,27)(H,20,23,26)/b19-10-. The van der Waals surface area contributed by atoms with E-state index in [0.717, 1.165) is 5.56 Å². The lowest BCUT2D eigenvalue weighted by Crippen LogP contribution is -2.24. The minimum Gasteiger partial charge on any atom is -0.494 e. The summed E-state index contributed by atoms with van der Waals surface area (Å²) in [5, 5.41) is 15.8. The smallest absolute Gasteiger partial charge is 0.290 e. The van der Waals surface area contributed by atoms with E-state index in [-0.39, 0.29) is 17.3 Å². The van der Waals surface area contributed by atoms with Gasteiger partial charge in [-0.05, 0) is 44.5 Å². The molecule has 3 aromatic rings. The fraction of sp³-hybridized carbons (Fsp3) is 0.222. The molecule has 10 heteroatoms. The average molecular weight is 381 g/mol. The van der Waals surface area contributed by atoms with E-state index in [1.54, 1.807) is 19.1 Å². The van der Waals surface area contributed by atoms with E-state index in [1.165, 1.54) is 17.8 Å². The molecule has 0 spiro atoms. The Bertz CT molecular complexity index is 1080. The van der Waals surface area contributed by atoms with Gasteiger partial charge in [0.2, 0.25) is 0 Å². The Morgan fingerprint density at radius 1 is 1.32 bits per heavy atom. The molecule has 2 heterocycles. The predicted molar refractivity (Wildman–Crippen MR) is 102 cm³/mol. The Morgan fingerprint density at radius 3 is 2.89 bits per heavy atom. The monoisotopic (exact) mass is 381 g/mol. The Kier molecular flexibility index (Phi) is 5.58. The van der Waals surface area contributed by atoms with Crippen molar-refractivity contribution >= 4 is 12.1 Å². The summed E-state index contributed by atoms with van der Waals surface area (Å²) >= 11 is 0. The Balaban J connectivity index is 1.79. The van der Waals surface area contributed by atoms with Crippen molar-refractivity contribution in [3.05, 3.63) is 63.3 Å². The quantitative estimate of drug-likeness (QED) is 0.487. The second kappa shape index (κ2) is 8.25. The van der Waals surface area contributed by atoms with Crippen LogP contribution in [0.2, 0.25) is 0 Å². The lowest BCUT2D eigenvalue weighted by molar-refractivity contribution is 0.0947. The number of carbonyl (C=O) groups is 1. The molecule has 0 saturated heterocycles. The summed E-state index contributed by atoms with van der Waals surface area (Å²) < 4.78 is 6.64. The molecular formula is C18H19N7O3. The van der Waals surface area contributed by atoms with Crippen LogP contribution in [0.3, 0.4) is 0 Å². The first-order valence-electron chi connectivity index (χ1n) is 8.55. The highest BCUT2D eigenvalue weighted by Crippen LogP contribution is 2.12. The zero-order chi connectivity index (χ0) is 20.1. The number of H-pyrrole nitrogens is 1. The van der Waals surface area contributed by atoms with Gasteiger partial charge in [0.1, 0.15) is 17.1 Å². The van der Waals surface area contributed by atoms with Crippen LogP contribution in [0.25, 0.3) is 5.95 Å². The van der Waals surface area contributed by atoms with Crippen molar-refractivity contribution in [1.29, 1.82) is 0 Å². The number of benzene rings is 1. The molecule has 1 aromatic carbocycles. The van der Waals surface area contributed by atoms with E-state index in [1.807, 2.05) is 25.1 Å². The lowest BCUT2D eigenvalue weighted by Gasteiger charge is -2.05. The van der Waals surface area contributed by atoms with E-state index < -0.39 is 11.5 Å². The minimum absolute atomic E-state index is 0.0437. The molecule has 2 N–H and O–H groups in total. The number of nitrogens with one attached hydrogen (secondary N) is 2. The first-order chi connectivity index (χ1) is 13.5. The van der Waals surface area contributed by atoms with Crippen molar-refractivity contribution in [2.24, 2.45) is 5.10 Å². The molecule has 144 valence electrons. The average Bonchev–Trinajstić information content (AvgIpc) is 3.06. The molecule has 28 heavy (non-hydrogen) atoms. The van der Waals surface area contributed by atoms with Gasteiger partial charge in [0.15, 0.2) is 0 Å². The molecule has 0 atom stereocenters. The van der Waals surface area contributed by atoms with Crippen molar-refractivity contribution < 1.29 is 9.53 Å². The van der Waals surface area contributed by atoms with Crippen LogP contribution >= 0.6 is 0 Å². The molecule has 0 bridgehead atoms. The number of ether oxygens (including phenoxy) is 1. The molecule has 1 amide bonds. The van der Waals surface area contributed by atoms with Gasteiger partial charge < -0.3 is 4.74 Å². The van der Waals surface area contributed by atoms with Crippen molar-refractivity contribution in [1.82, 2.24) is 30.4 Å². The number of aromatic nitrogens is 5. The van der Waals surface area contributed by atoms with Crippen molar-refractivity contribution in [2.75, 3.05) is 6.61 Å². The summed E-state index contributed by atoms with van der Waals surface area (Å²) in [5.74, 6) is 0.247. The summed E-state index contributed by atoms with van der Waals surface area (Å²) in [6.45, 7) is 5.71. The van der Waals surface area contributed by atoms with E-state index >= 15 is 0 Å². The Morgan fingerprint density at radius 2 is 2.14 bits per heavy atom. The van der Waals surface area contributed by atoms with Crippen LogP contribution in [0, 0.1) is 13.8 Å². The van der Waals surface area contributed by atoms with Crippen LogP contribution < -0.4 is 15.7 Å². The highest BCUT2D eigenvalue weighted by atomic mass is 16.5. The molecule has 0 aliphatic carbocycles. The maximum absolute atomic E-state index is 12.5. The molecule has 0 fully saturated rings. The maximum atomic E-state index is 12.5. The van der Waals surface area contributed by atoms with Gasteiger partial charge in [-0.3, -0.25) is 14.6 Å². The van der Waals surface area contributed by atoms with Crippen LogP contribution in [-0.4, -0.2) is 43.7 Å². The predicted octanol–water partition coefficient (Wildman–Crippen LogP) is 1.13. The van der Waals surface area contributed by atoms with Crippen LogP contribution in [-0.2, 0) is 0 Å². The van der Waals surface area contributed by atoms with Gasteiger partial charge in [0.05, 0.1) is 18.5 Å². The molecule has 10 nitrogen and oxygen atoms in total. The Hall–Kier alpha value is -3.82. The number of hydrazone groups is 1. The van der Waals surface area contributed by atoms with Crippen LogP contribution in [0.4, 0.5) is 0 Å². The summed E-state index contributed by atoms with van der Waals surface area (Å²) in [6, 6.07) is 8.86. The van der Waals surface area contributed by atoms with Gasteiger partial charge in [-0.2, -0.15) is 14.9 Å². The molecule has 0 aliphatic rings. The van der Waals surface area contributed by atoms with E-state index in [2.05, 4.69) is 30.8 Å². The first-order valence-corrected chi connectivity index (χ1v) is 8.55. The number of amides is 1. The van der Waals surface area contributed by atoms with E-state index in [4.69, 9.17) is 4.74 Å². The number of hydrogen-bond donors (Lipinski definition) is 2. The zero-order valence-corrected chi connectivity index (χ0v) is 15.6. The van der Waals surface area contributed by atoms with Gasteiger partial charge in [-0.25, -0.2) is 5.43 Å². The fourth-order valence-electron chi connectivity index (χ4n) is 2.38. The van der Waals surface area contributed by atoms with Crippen molar-refractivity contribution in [3.8, 4) is 11.7 Å². The molecule has 0 saturated carbocycles. The topological polar surface area (TPSA) is 127 Å². The van der Waals surface area contributed by atoms with Gasteiger partial charge >= 0.3 is 0 Å². The SMILES string of the molecule is CCOc1cccc(/C=N\NC(=O)c2cc(C)nn2-c2nnc(C)c(=O)[nH]2)c1. The summed E-state index contributed by atoms with van der Waals surface area (Å²) in [7, 11) is 0. The summed E-state index contributed by atoms with van der Waals surface area (Å²) in [4.78, 5) is 26.8. The normalized spacial score (nSPS) is 11.0. The largest absolute Gasteiger partial charge is 0.494 e. The maximum Gasteiger partial charge on any atom is 0.290 e. The fourth-order valence-corrected chi connectivity index (χ4v) is 2.38. The summed E-state index contributed by atoms with van der Waals surface area (Å²) in [5.41, 5.74) is 3.75. The number of rotatable bonds is 6. The van der Waals surface area contributed by atoms with Crippen LogP contribution in [0.1, 0.15) is 34.4 Å². The third-order valence-corrected chi connectivity index (χ3v) is 3.66. The second-order valence-corrected chi connectivity index (χ2v) is 5.85. The molecule has 2 aromatic heterocycles. The van der Waals surface area contributed by atoms with Crippen molar-refractivity contribution in [2.45, 2.75) is 20.8 Å². The zero-order valence-electron chi connectivity index (χ0n) is 15.6. The van der Waals surface area contributed by atoms with Crippen molar-refractivity contribution in [3.63, 3.8) is 0 Å².